The summed E-state index contributed by atoms with van der Waals surface area (Å²) in [6, 6.07) is 7.06. The maximum absolute atomic E-state index is 11.1. The summed E-state index contributed by atoms with van der Waals surface area (Å²) in [5, 5.41) is 12.4. The molecule has 2 rings (SSSR count). The molecule has 1 aromatic carbocycles. The SMILES string of the molecule is CN1CCOC(CNCc2ccccc2C(=O)O)C1. The second kappa shape index (κ2) is 6.65. The number of hydrogen-bond donors (Lipinski definition) is 2. The number of carboxylic acid groups (broad SMARTS) is 1. The van der Waals surface area contributed by atoms with Gasteiger partial charge in [0, 0.05) is 26.2 Å². The maximum atomic E-state index is 11.1. The third-order valence-corrected chi connectivity index (χ3v) is 3.28. The van der Waals surface area contributed by atoms with Crippen LogP contribution in [0.15, 0.2) is 24.3 Å². The molecule has 19 heavy (non-hydrogen) atoms. The van der Waals surface area contributed by atoms with E-state index in [-0.39, 0.29) is 6.10 Å². The molecule has 0 spiro atoms. The Bertz CT molecular complexity index is 436. The molecule has 0 aromatic heterocycles. The summed E-state index contributed by atoms with van der Waals surface area (Å²) in [7, 11) is 2.08. The van der Waals surface area contributed by atoms with E-state index in [1.807, 2.05) is 12.1 Å². The Morgan fingerprint density at radius 1 is 1.53 bits per heavy atom. The standard InChI is InChI=1S/C14H20N2O3/c1-16-6-7-19-12(10-16)9-15-8-11-4-2-3-5-13(11)14(17)18/h2-5,12,15H,6-10H2,1H3,(H,17,18). The van der Waals surface area contributed by atoms with E-state index in [1.54, 1.807) is 12.1 Å². The lowest BCUT2D eigenvalue weighted by atomic mass is 10.1. The van der Waals surface area contributed by atoms with Crippen LogP contribution >= 0.6 is 0 Å². The average molecular weight is 264 g/mol. The first-order chi connectivity index (χ1) is 9.16. The van der Waals surface area contributed by atoms with Gasteiger partial charge >= 0.3 is 5.97 Å². The van der Waals surface area contributed by atoms with Crippen LogP contribution in [-0.4, -0.2) is 55.4 Å². The Balaban J connectivity index is 1.84. The lowest BCUT2D eigenvalue weighted by molar-refractivity contribution is -0.0182. The Morgan fingerprint density at radius 2 is 2.32 bits per heavy atom. The van der Waals surface area contributed by atoms with Crippen molar-refractivity contribution in [1.82, 2.24) is 10.2 Å². The van der Waals surface area contributed by atoms with Crippen molar-refractivity contribution in [3.63, 3.8) is 0 Å². The summed E-state index contributed by atoms with van der Waals surface area (Å²) in [6.45, 7) is 3.92. The highest BCUT2D eigenvalue weighted by atomic mass is 16.5. The smallest absolute Gasteiger partial charge is 0.336 e. The monoisotopic (exact) mass is 264 g/mol. The van der Waals surface area contributed by atoms with Crippen molar-refractivity contribution in [2.75, 3.05) is 33.3 Å². The van der Waals surface area contributed by atoms with Crippen LogP contribution in [0.3, 0.4) is 0 Å². The van der Waals surface area contributed by atoms with Gasteiger partial charge in [0.15, 0.2) is 0 Å². The lowest BCUT2D eigenvalue weighted by Gasteiger charge is -2.30. The van der Waals surface area contributed by atoms with E-state index in [2.05, 4.69) is 17.3 Å². The summed E-state index contributed by atoms with van der Waals surface area (Å²) in [4.78, 5) is 13.3. The second-order valence-corrected chi connectivity index (χ2v) is 4.85. The summed E-state index contributed by atoms with van der Waals surface area (Å²) in [6.07, 6.45) is 0.177. The number of rotatable bonds is 5. The minimum atomic E-state index is -0.883. The van der Waals surface area contributed by atoms with Gasteiger partial charge in [-0.3, -0.25) is 0 Å². The molecular formula is C14H20N2O3. The van der Waals surface area contributed by atoms with E-state index < -0.39 is 5.97 Å². The molecule has 0 amide bonds. The zero-order chi connectivity index (χ0) is 13.7. The van der Waals surface area contributed by atoms with Crippen molar-refractivity contribution in [3.05, 3.63) is 35.4 Å². The summed E-state index contributed by atoms with van der Waals surface area (Å²) < 4.78 is 5.64. The van der Waals surface area contributed by atoms with E-state index in [9.17, 15) is 4.79 Å². The van der Waals surface area contributed by atoms with Gasteiger partial charge in [-0.15, -0.1) is 0 Å². The largest absolute Gasteiger partial charge is 0.478 e. The van der Waals surface area contributed by atoms with Crippen LogP contribution in [0.5, 0.6) is 0 Å². The van der Waals surface area contributed by atoms with Gasteiger partial charge in [-0.25, -0.2) is 4.79 Å². The highest BCUT2D eigenvalue weighted by Gasteiger charge is 2.17. The second-order valence-electron chi connectivity index (χ2n) is 4.85. The number of ether oxygens (including phenoxy) is 1. The predicted octanol–water partition coefficient (Wildman–Crippen LogP) is 0.805. The fraction of sp³-hybridized carbons (Fsp3) is 0.500. The predicted molar refractivity (Wildman–Crippen MR) is 72.3 cm³/mol. The molecule has 2 N–H and O–H groups in total. The highest BCUT2D eigenvalue weighted by Crippen LogP contribution is 2.09. The van der Waals surface area contributed by atoms with Crippen molar-refractivity contribution in [2.24, 2.45) is 0 Å². The summed E-state index contributed by atoms with van der Waals surface area (Å²) in [5.74, 6) is -0.883. The fourth-order valence-electron chi connectivity index (χ4n) is 2.24. The van der Waals surface area contributed by atoms with Gasteiger partial charge < -0.3 is 20.1 Å². The quantitative estimate of drug-likeness (QED) is 0.824. The minimum Gasteiger partial charge on any atom is -0.478 e. The van der Waals surface area contributed by atoms with Crippen LogP contribution in [0, 0.1) is 0 Å². The number of benzene rings is 1. The van der Waals surface area contributed by atoms with Crippen LogP contribution in [0.1, 0.15) is 15.9 Å². The third-order valence-electron chi connectivity index (χ3n) is 3.28. The van der Waals surface area contributed by atoms with Crippen molar-refractivity contribution >= 4 is 5.97 Å². The number of likely N-dealkylation sites (N-methyl/N-ethyl adjacent to an activating group) is 1. The van der Waals surface area contributed by atoms with E-state index in [0.717, 1.165) is 31.8 Å². The molecule has 1 unspecified atom stereocenters. The molecule has 1 fully saturated rings. The Hall–Kier alpha value is -1.43. The number of carboxylic acids is 1. The molecule has 1 heterocycles. The van der Waals surface area contributed by atoms with Crippen molar-refractivity contribution in [3.8, 4) is 0 Å². The fourth-order valence-corrected chi connectivity index (χ4v) is 2.24. The number of morpholine rings is 1. The normalized spacial score (nSPS) is 20.4. The average Bonchev–Trinajstić information content (AvgIpc) is 2.39. The zero-order valence-corrected chi connectivity index (χ0v) is 11.1. The molecule has 0 aliphatic carbocycles. The number of nitrogens with one attached hydrogen (secondary N) is 1. The Labute approximate surface area is 113 Å². The topological polar surface area (TPSA) is 61.8 Å². The molecule has 1 aliphatic rings. The lowest BCUT2D eigenvalue weighted by Crippen LogP contribution is -2.44. The summed E-state index contributed by atoms with van der Waals surface area (Å²) in [5.41, 5.74) is 1.16. The minimum absolute atomic E-state index is 0.177. The molecule has 5 heteroatoms. The van der Waals surface area contributed by atoms with Crippen LogP contribution in [0.2, 0.25) is 0 Å². The van der Waals surface area contributed by atoms with Crippen LogP contribution < -0.4 is 5.32 Å². The van der Waals surface area contributed by atoms with E-state index in [0.29, 0.717) is 12.1 Å². The molecule has 1 aromatic rings. The first-order valence-corrected chi connectivity index (χ1v) is 6.49. The van der Waals surface area contributed by atoms with Crippen molar-refractivity contribution in [1.29, 1.82) is 0 Å². The third kappa shape index (κ3) is 4.02. The molecule has 5 nitrogen and oxygen atoms in total. The molecule has 1 aliphatic heterocycles. The van der Waals surface area contributed by atoms with Crippen molar-refractivity contribution in [2.45, 2.75) is 12.6 Å². The van der Waals surface area contributed by atoms with Gasteiger partial charge in [0.1, 0.15) is 0 Å². The summed E-state index contributed by atoms with van der Waals surface area (Å²) >= 11 is 0. The molecule has 0 bridgehead atoms. The van der Waals surface area contributed by atoms with E-state index in [4.69, 9.17) is 9.84 Å². The van der Waals surface area contributed by atoms with Gasteiger partial charge in [-0.05, 0) is 18.7 Å². The zero-order valence-electron chi connectivity index (χ0n) is 11.1. The van der Waals surface area contributed by atoms with Crippen molar-refractivity contribution < 1.29 is 14.6 Å². The van der Waals surface area contributed by atoms with Gasteiger partial charge in [0.05, 0.1) is 18.3 Å². The number of nitrogens with zero attached hydrogens (tertiary/aromatic N) is 1. The molecule has 0 saturated carbocycles. The molecule has 104 valence electrons. The van der Waals surface area contributed by atoms with E-state index >= 15 is 0 Å². The van der Waals surface area contributed by atoms with Crippen LogP contribution in [0.4, 0.5) is 0 Å². The first kappa shape index (κ1) is 14.0. The van der Waals surface area contributed by atoms with Gasteiger partial charge in [0.25, 0.3) is 0 Å². The van der Waals surface area contributed by atoms with Crippen LogP contribution in [-0.2, 0) is 11.3 Å². The number of hydrogen-bond acceptors (Lipinski definition) is 4. The molecule has 0 radical (unpaired) electrons. The molecular weight excluding hydrogens is 244 g/mol. The van der Waals surface area contributed by atoms with Gasteiger partial charge in [-0.1, -0.05) is 18.2 Å². The maximum Gasteiger partial charge on any atom is 0.336 e. The Morgan fingerprint density at radius 3 is 3.05 bits per heavy atom. The number of carbonyl (C=O) groups is 1. The van der Waals surface area contributed by atoms with Crippen LogP contribution in [0.25, 0.3) is 0 Å². The van der Waals surface area contributed by atoms with Gasteiger partial charge in [-0.2, -0.15) is 0 Å². The molecule has 1 atom stereocenters. The highest BCUT2D eigenvalue weighted by molar-refractivity contribution is 5.89. The first-order valence-electron chi connectivity index (χ1n) is 6.49. The Kier molecular flexibility index (Phi) is 4.90. The van der Waals surface area contributed by atoms with Gasteiger partial charge in [0.2, 0.25) is 0 Å². The van der Waals surface area contributed by atoms with E-state index in [1.165, 1.54) is 0 Å². The number of aromatic carboxylic acids is 1. The molecule has 1 saturated heterocycles.